The Kier molecular flexibility index (Phi) is 7.37. The number of nitrogens with one attached hydrogen (secondary N) is 1. The van der Waals surface area contributed by atoms with Gasteiger partial charge in [0, 0.05) is 32.3 Å². The number of hydrogen-bond acceptors (Lipinski definition) is 3. The minimum absolute atomic E-state index is 0.552. The molecule has 0 aliphatic carbocycles. The molecular formula is C19H32N2O. The van der Waals surface area contributed by atoms with E-state index in [4.69, 9.17) is 4.74 Å². The van der Waals surface area contributed by atoms with Gasteiger partial charge in [-0.15, -0.1) is 0 Å². The molecule has 3 nitrogen and oxygen atoms in total. The maximum absolute atomic E-state index is 5.45. The first-order valence-electron chi connectivity index (χ1n) is 8.68. The fourth-order valence-corrected chi connectivity index (χ4v) is 3.08. The molecule has 1 aliphatic rings. The molecule has 1 heterocycles. The summed E-state index contributed by atoms with van der Waals surface area (Å²) >= 11 is 0. The Labute approximate surface area is 136 Å². The van der Waals surface area contributed by atoms with E-state index in [-0.39, 0.29) is 0 Å². The SMILES string of the molecule is CC(C)[C@H](CN(C)Cc1ccccc1)NCC1CCOCC1. The third kappa shape index (κ3) is 6.07. The van der Waals surface area contributed by atoms with E-state index in [1.54, 1.807) is 0 Å². The van der Waals surface area contributed by atoms with Crippen LogP contribution >= 0.6 is 0 Å². The number of likely N-dealkylation sites (N-methyl/N-ethyl adjacent to an activating group) is 1. The zero-order chi connectivity index (χ0) is 15.8. The van der Waals surface area contributed by atoms with Crippen molar-refractivity contribution in [3.63, 3.8) is 0 Å². The summed E-state index contributed by atoms with van der Waals surface area (Å²) in [6, 6.07) is 11.3. The number of ether oxygens (including phenoxy) is 1. The number of benzene rings is 1. The van der Waals surface area contributed by atoms with E-state index in [0.29, 0.717) is 12.0 Å². The number of rotatable bonds is 8. The molecule has 1 aromatic rings. The van der Waals surface area contributed by atoms with Gasteiger partial charge < -0.3 is 15.0 Å². The van der Waals surface area contributed by atoms with Crippen molar-refractivity contribution in [3.8, 4) is 0 Å². The molecule has 1 aromatic carbocycles. The van der Waals surface area contributed by atoms with Gasteiger partial charge in [-0.05, 0) is 43.8 Å². The van der Waals surface area contributed by atoms with Crippen molar-refractivity contribution in [2.45, 2.75) is 39.3 Å². The molecule has 0 spiro atoms. The first-order chi connectivity index (χ1) is 10.6. The van der Waals surface area contributed by atoms with Gasteiger partial charge in [0.1, 0.15) is 0 Å². The van der Waals surface area contributed by atoms with Crippen molar-refractivity contribution in [2.75, 3.05) is 33.4 Å². The van der Waals surface area contributed by atoms with Gasteiger partial charge >= 0.3 is 0 Å². The standard InChI is InChI=1S/C19H32N2O/c1-16(2)19(20-13-17-9-11-22-12-10-17)15-21(3)14-18-7-5-4-6-8-18/h4-8,16-17,19-20H,9-15H2,1-3H3/t19-/m0/s1. The molecule has 1 saturated heterocycles. The fraction of sp³-hybridized carbons (Fsp3) is 0.684. The van der Waals surface area contributed by atoms with Gasteiger partial charge in [0.25, 0.3) is 0 Å². The van der Waals surface area contributed by atoms with Gasteiger partial charge in [-0.3, -0.25) is 0 Å². The molecule has 1 atom stereocenters. The van der Waals surface area contributed by atoms with Crippen molar-refractivity contribution < 1.29 is 4.74 Å². The molecule has 0 bridgehead atoms. The Balaban J connectivity index is 1.77. The van der Waals surface area contributed by atoms with Crippen molar-refractivity contribution in [1.82, 2.24) is 10.2 Å². The summed E-state index contributed by atoms with van der Waals surface area (Å²) < 4.78 is 5.45. The molecule has 1 fully saturated rings. The minimum atomic E-state index is 0.552. The van der Waals surface area contributed by atoms with E-state index < -0.39 is 0 Å². The van der Waals surface area contributed by atoms with Crippen LogP contribution in [0.4, 0.5) is 0 Å². The van der Waals surface area contributed by atoms with Crippen LogP contribution < -0.4 is 5.32 Å². The predicted octanol–water partition coefficient (Wildman–Crippen LogP) is 3.16. The summed E-state index contributed by atoms with van der Waals surface area (Å²) in [5.74, 6) is 1.44. The Morgan fingerprint density at radius 2 is 1.86 bits per heavy atom. The zero-order valence-corrected chi connectivity index (χ0v) is 14.4. The van der Waals surface area contributed by atoms with Gasteiger partial charge in [0.15, 0.2) is 0 Å². The largest absolute Gasteiger partial charge is 0.381 e. The van der Waals surface area contributed by atoms with Crippen LogP contribution in [-0.4, -0.2) is 44.3 Å². The molecule has 3 heteroatoms. The molecule has 0 aromatic heterocycles. The highest BCUT2D eigenvalue weighted by molar-refractivity contribution is 5.14. The Hall–Kier alpha value is -0.900. The average Bonchev–Trinajstić information content (AvgIpc) is 2.53. The monoisotopic (exact) mass is 304 g/mol. The Bertz CT molecular complexity index is 401. The van der Waals surface area contributed by atoms with Gasteiger partial charge in [0.05, 0.1) is 0 Å². The molecule has 22 heavy (non-hydrogen) atoms. The first kappa shape index (κ1) is 17.5. The number of hydrogen-bond donors (Lipinski definition) is 1. The van der Waals surface area contributed by atoms with Gasteiger partial charge in [-0.1, -0.05) is 44.2 Å². The summed E-state index contributed by atoms with van der Waals surface area (Å²) in [5.41, 5.74) is 1.39. The summed E-state index contributed by atoms with van der Waals surface area (Å²) in [4.78, 5) is 2.43. The highest BCUT2D eigenvalue weighted by Gasteiger charge is 2.19. The third-order valence-electron chi connectivity index (χ3n) is 4.62. The maximum atomic E-state index is 5.45. The molecule has 0 radical (unpaired) electrons. The van der Waals surface area contributed by atoms with E-state index in [2.05, 4.69) is 61.4 Å². The van der Waals surface area contributed by atoms with Crippen LogP contribution in [0, 0.1) is 11.8 Å². The molecule has 1 aliphatic heterocycles. The lowest BCUT2D eigenvalue weighted by atomic mass is 9.98. The quantitative estimate of drug-likeness (QED) is 0.798. The molecule has 0 saturated carbocycles. The van der Waals surface area contributed by atoms with Crippen LogP contribution in [0.15, 0.2) is 30.3 Å². The van der Waals surface area contributed by atoms with E-state index >= 15 is 0 Å². The van der Waals surface area contributed by atoms with E-state index in [9.17, 15) is 0 Å². The summed E-state index contributed by atoms with van der Waals surface area (Å²) in [7, 11) is 2.22. The van der Waals surface area contributed by atoms with Gasteiger partial charge in [0.2, 0.25) is 0 Å². The predicted molar refractivity (Wildman–Crippen MR) is 92.9 cm³/mol. The second-order valence-corrected chi connectivity index (χ2v) is 7.00. The summed E-state index contributed by atoms with van der Waals surface area (Å²) in [6.07, 6.45) is 2.41. The van der Waals surface area contributed by atoms with E-state index in [1.807, 2.05) is 0 Å². The van der Waals surface area contributed by atoms with Crippen LogP contribution in [0.2, 0.25) is 0 Å². The van der Waals surface area contributed by atoms with Crippen molar-refractivity contribution in [3.05, 3.63) is 35.9 Å². The first-order valence-corrected chi connectivity index (χ1v) is 8.68. The summed E-state index contributed by atoms with van der Waals surface area (Å²) in [5, 5.41) is 3.81. The van der Waals surface area contributed by atoms with Crippen LogP contribution in [0.5, 0.6) is 0 Å². The smallest absolute Gasteiger partial charge is 0.0469 e. The molecule has 124 valence electrons. The molecule has 0 unspecified atom stereocenters. The lowest BCUT2D eigenvalue weighted by Gasteiger charge is -2.30. The van der Waals surface area contributed by atoms with Gasteiger partial charge in [-0.25, -0.2) is 0 Å². The van der Waals surface area contributed by atoms with Crippen molar-refractivity contribution in [1.29, 1.82) is 0 Å². The van der Waals surface area contributed by atoms with Crippen LogP contribution in [0.1, 0.15) is 32.3 Å². The maximum Gasteiger partial charge on any atom is 0.0469 e. The highest BCUT2D eigenvalue weighted by atomic mass is 16.5. The lowest BCUT2D eigenvalue weighted by Crippen LogP contribution is -2.45. The van der Waals surface area contributed by atoms with Crippen molar-refractivity contribution in [2.24, 2.45) is 11.8 Å². The van der Waals surface area contributed by atoms with Crippen LogP contribution in [-0.2, 0) is 11.3 Å². The van der Waals surface area contributed by atoms with Crippen LogP contribution in [0.3, 0.4) is 0 Å². The molecule has 0 amide bonds. The number of nitrogens with zero attached hydrogens (tertiary/aromatic N) is 1. The minimum Gasteiger partial charge on any atom is -0.381 e. The normalized spacial score (nSPS) is 18.0. The van der Waals surface area contributed by atoms with Gasteiger partial charge in [-0.2, -0.15) is 0 Å². The Morgan fingerprint density at radius 1 is 1.18 bits per heavy atom. The molecule has 1 N–H and O–H groups in total. The summed E-state index contributed by atoms with van der Waals surface area (Å²) in [6.45, 7) is 9.75. The zero-order valence-electron chi connectivity index (χ0n) is 14.4. The third-order valence-corrected chi connectivity index (χ3v) is 4.62. The molecular weight excluding hydrogens is 272 g/mol. The highest BCUT2D eigenvalue weighted by Crippen LogP contribution is 2.15. The molecule has 2 rings (SSSR count). The Morgan fingerprint density at radius 3 is 2.50 bits per heavy atom. The second-order valence-electron chi connectivity index (χ2n) is 7.00. The van der Waals surface area contributed by atoms with E-state index in [0.717, 1.165) is 38.8 Å². The second kappa shape index (κ2) is 9.29. The average molecular weight is 304 g/mol. The van der Waals surface area contributed by atoms with Crippen molar-refractivity contribution >= 4 is 0 Å². The lowest BCUT2D eigenvalue weighted by molar-refractivity contribution is 0.0642. The van der Waals surface area contributed by atoms with E-state index in [1.165, 1.54) is 18.4 Å². The van der Waals surface area contributed by atoms with Crippen LogP contribution in [0.25, 0.3) is 0 Å². The fourth-order valence-electron chi connectivity index (χ4n) is 3.08. The topological polar surface area (TPSA) is 24.5 Å².